The number of hydrogen-bond acceptors (Lipinski definition) is 7. The molecule has 7 nitrogen and oxygen atoms in total. The summed E-state index contributed by atoms with van der Waals surface area (Å²) in [6, 6.07) is 1.37. The van der Waals surface area contributed by atoms with Crippen LogP contribution >= 0.6 is 11.6 Å². The van der Waals surface area contributed by atoms with Crippen LogP contribution < -0.4 is 5.32 Å². The average molecular weight is 357 g/mol. The predicted molar refractivity (Wildman–Crippen MR) is 87.3 cm³/mol. The number of nitrogens with one attached hydrogen (secondary N) is 1. The molecule has 2 heterocycles. The lowest BCUT2D eigenvalue weighted by molar-refractivity contribution is 0.0578. The largest absolute Gasteiger partial charge is 0.388 e. The molecule has 2 atom stereocenters. The number of rotatable bonds is 3. The van der Waals surface area contributed by atoms with Crippen molar-refractivity contribution in [1.29, 1.82) is 0 Å². The van der Waals surface area contributed by atoms with E-state index in [4.69, 9.17) is 11.6 Å². The monoisotopic (exact) mass is 356 g/mol. The van der Waals surface area contributed by atoms with Gasteiger partial charge in [-0.05, 0) is 32.3 Å². The van der Waals surface area contributed by atoms with Gasteiger partial charge in [0.1, 0.15) is 10.7 Å². The normalized spacial score (nSPS) is 25.0. The molecule has 0 aromatic carbocycles. The summed E-state index contributed by atoms with van der Waals surface area (Å²) in [6.07, 6.45) is 4.82. The molecular weight excluding hydrogens is 340 g/mol. The maximum absolute atomic E-state index is 11.7. The van der Waals surface area contributed by atoms with Gasteiger partial charge in [-0.2, -0.15) is 0 Å². The van der Waals surface area contributed by atoms with Gasteiger partial charge in [0.05, 0.1) is 11.6 Å². The van der Waals surface area contributed by atoms with Gasteiger partial charge in [0.15, 0.2) is 5.82 Å². The Kier molecular flexibility index (Phi) is 3.94. The number of hydrogen-bond donors (Lipinski definition) is 2. The van der Waals surface area contributed by atoms with Gasteiger partial charge in [0, 0.05) is 17.8 Å². The Hall–Kier alpha value is -1.51. The lowest BCUT2D eigenvalue weighted by Crippen LogP contribution is -2.39. The topological polar surface area (TPSA) is 105 Å². The molecule has 2 aromatic heterocycles. The molecule has 1 saturated carbocycles. The summed E-state index contributed by atoms with van der Waals surface area (Å²) in [7, 11) is -3.53. The number of fused-ring (bicyclic) bond motifs is 1. The van der Waals surface area contributed by atoms with Gasteiger partial charge in [-0.3, -0.25) is 0 Å². The van der Waals surface area contributed by atoms with E-state index in [1.54, 1.807) is 13.0 Å². The van der Waals surface area contributed by atoms with Crippen LogP contribution in [0.25, 0.3) is 10.9 Å². The van der Waals surface area contributed by atoms with Gasteiger partial charge in [-0.25, -0.2) is 23.4 Å². The van der Waals surface area contributed by atoms with Crippen molar-refractivity contribution in [3.05, 3.63) is 17.4 Å². The van der Waals surface area contributed by atoms with Gasteiger partial charge in [0.25, 0.3) is 0 Å². The van der Waals surface area contributed by atoms with Crippen LogP contribution in [-0.4, -0.2) is 46.4 Å². The summed E-state index contributed by atoms with van der Waals surface area (Å²) in [5.74, 6) is 0.354. The van der Waals surface area contributed by atoms with Crippen LogP contribution in [0.5, 0.6) is 0 Å². The van der Waals surface area contributed by atoms with Gasteiger partial charge < -0.3 is 10.4 Å². The molecule has 124 valence electrons. The van der Waals surface area contributed by atoms with Crippen molar-refractivity contribution in [2.45, 2.75) is 43.0 Å². The number of aliphatic hydroxyl groups is 1. The van der Waals surface area contributed by atoms with Gasteiger partial charge in [-0.1, -0.05) is 11.6 Å². The maximum atomic E-state index is 11.7. The molecule has 0 spiro atoms. The summed E-state index contributed by atoms with van der Waals surface area (Å²) >= 11 is 6.02. The third-order valence-electron chi connectivity index (χ3n) is 4.08. The van der Waals surface area contributed by atoms with E-state index >= 15 is 0 Å². The molecule has 1 aliphatic carbocycles. The van der Waals surface area contributed by atoms with Crippen LogP contribution in [0, 0.1) is 0 Å². The second kappa shape index (κ2) is 5.54. The summed E-state index contributed by atoms with van der Waals surface area (Å²) in [5.41, 5.74) is -0.490. The van der Waals surface area contributed by atoms with E-state index in [1.807, 2.05) is 0 Å². The third kappa shape index (κ3) is 3.24. The zero-order chi connectivity index (χ0) is 16.8. The lowest BCUT2D eigenvalue weighted by Gasteiger charge is -2.27. The number of sulfone groups is 1. The highest BCUT2D eigenvalue weighted by molar-refractivity contribution is 7.90. The molecular formula is C14H17ClN4O3S. The zero-order valence-electron chi connectivity index (χ0n) is 12.7. The summed E-state index contributed by atoms with van der Waals surface area (Å²) < 4.78 is 23.3. The molecule has 0 radical (unpaired) electrons. The first-order valence-electron chi connectivity index (χ1n) is 7.19. The minimum absolute atomic E-state index is 0.201. The Morgan fingerprint density at radius 1 is 1.43 bits per heavy atom. The Morgan fingerprint density at radius 2 is 2.17 bits per heavy atom. The van der Waals surface area contributed by atoms with Crippen LogP contribution in [-0.2, 0) is 9.84 Å². The van der Waals surface area contributed by atoms with E-state index in [-0.39, 0.29) is 16.4 Å². The molecule has 1 aliphatic rings. The third-order valence-corrected chi connectivity index (χ3v) is 5.14. The minimum atomic E-state index is -3.53. The second-order valence-corrected chi connectivity index (χ2v) is 8.40. The molecule has 0 aliphatic heterocycles. The predicted octanol–water partition coefficient (Wildman–Crippen LogP) is 1.80. The van der Waals surface area contributed by atoms with Crippen molar-refractivity contribution >= 4 is 38.2 Å². The number of pyridine rings is 1. The second-order valence-electron chi connectivity index (χ2n) is 6.10. The van der Waals surface area contributed by atoms with E-state index in [2.05, 4.69) is 20.3 Å². The van der Waals surface area contributed by atoms with Crippen LogP contribution in [0.4, 0.5) is 5.82 Å². The van der Waals surface area contributed by atoms with Crippen LogP contribution in [0.1, 0.15) is 26.2 Å². The first-order valence-corrected chi connectivity index (χ1v) is 9.46. The molecule has 0 saturated heterocycles. The molecule has 2 aromatic rings. The number of aromatic nitrogens is 3. The highest BCUT2D eigenvalue weighted by Gasteiger charge is 2.37. The van der Waals surface area contributed by atoms with Gasteiger partial charge in [-0.15, -0.1) is 0 Å². The SMILES string of the molecule is C[C@@]1(O)CCC[C@H]1Nc1nc(Cl)cc2cnc(S(C)(=O)=O)nc12. The fourth-order valence-electron chi connectivity index (χ4n) is 2.81. The quantitative estimate of drug-likeness (QED) is 0.638. The Balaban J connectivity index is 2.11. The molecule has 0 amide bonds. The van der Waals surface area contributed by atoms with Crippen molar-refractivity contribution in [3.63, 3.8) is 0 Å². The molecule has 0 unspecified atom stereocenters. The van der Waals surface area contributed by atoms with Crippen molar-refractivity contribution in [1.82, 2.24) is 15.0 Å². The van der Waals surface area contributed by atoms with Crippen LogP contribution in [0.2, 0.25) is 5.15 Å². The van der Waals surface area contributed by atoms with Crippen molar-refractivity contribution in [3.8, 4) is 0 Å². The fraction of sp³-hybridized carbons (Fsp3) is 0.500. The zero-order valence-corrected chi connectivity index (χ0v) is 14.3. The van der Waals surface area contributed by atoms with E-state index in [0.29, 0.717) is 23.1 Å². The Bertz CT molecular complexity index is 870. The van der Waals surface area contributed by atoms with Crippen molar-refractivity contribution in [2.75, 3.05) is 11.6 Å². The van der Waals surface area contributed by atoms with E-state index < -0.39 is 15.4 Å². The molecule has 0 bridgehead atoms. The number of anilines is 1. The molecule has 3 rings (SSSR count). The Labute approximate surface area is 139 Å². The molecule has 1 fully saturated rings. The van der Waals surface area contributed by atoms with E-state index in [9.17, 15) is 13.5 Å². The van der Waals surface area contributed by atoms with Crippen LogP contribution in [0.3, 0.4) is 0 Å². The van der Waals surface area contributed by atoms with Gasteiger partial charge >= 0.3 is 0 Å². The van der Waals surface area contributed by atoms with Gasteiger partial charge in [0.2, 0.25) is 15.0 Å². The summed E-state index contributed by atoms with van der Waals surface area (Å²) in [6.45, 7) is 1.77. The van der Waals surface area contributed by atoms with Crippen molar-refractivity contribution < 1.29 is 13.5 Å². The summed E-state index contributed by atoms with van der Waals surface area (Å²) in [5, 5.41) is 14.1. The first-order chi connectivity index (χ1) is 10.7. The lowest BCUT2D eigenvalue weighted by atomic mass is 10.0. The standard InChI is InChI=1S/C14H17ClN4O3S/c1-14(20)5-3-4-9(14)17-12-11-8(6-10(15)18-12)7-16-13(19-11)23(2,21)22/h6-7,9,20H,3-5H2,1-2H3,(H,17,18)/t9-,14-/m1/s1. The highest BCUT2D eigenvalue weighted by atomic mass is 35.5. The number of halogens is 1. The van der Waals surface area contributed by atoms with Crippen molar-refractivity contribution in [2.24, 2.45) is 0 Å². The van der Waals surface area contributed by atoms with E-state index in [0.717, 1.165) is 19.1 Å². The highest BCUT2D eigenvalue weighted by Crippen LogP contribution is 2.33. The molecule has 2 N–H and O–H groups in total. The summed E-state index contributed by atoms with van der Waals surface area (Å²) in [4.78, 5) is 12.2. The Morgan fingerprint density at radius 3 is 2.78 bits per heavy atom. The maximum Gasteiger partial charge on any atom is 0.247 e. The fourth-order valence-corrected chi connectivity index (χ4v) is 3.52. The number of nitrogens with zero attached hydrogens (tertiary/aromatic N) is 3. The smallest absolute Gasteiger partial charge is 0.247 e. The first kappa shape index (κ1) is 16.4. The molecule has 23 heavy (non-hydrogen) atoms. The van der Waals surface area contributed by atoms with E-state index in [1.165, 1.54) is 6.20 Å². The minimum Gasteiger partial charge on any atom is -0.388 e. The molecule has 9 heteroatoms. The van der Waals surface area contributed by atoms with Crippen LogP contribution in [0.15, 0.2) is 17.4 Å². The average Bonchev–Trinajstić information content (AvgIpc) is 2.76.